The maximum atomic E-state index is 12.5. The van der Waals surface area contributed by atoms with E-state index in [1.807, 2.05) is 0 Å². The standard InChI is InChI=1S/C12H16N4O3S/c1-10-4-5-12(19-10)20(17,18)15-7-2-3-11(9-15)16-8-6-13-14-16/h4-6,8,11H,2-3,7,9H2,1H3/t11-/m0/s1. The molecule has 0 unspecified atom stereocenters. The molecule has 20 heavy (non-hydrogen) atoms. The number of furan rings is 1. The molecule has 0 aliphatic carbocycles. The topological polar surface area (TPSA) is 81.2 Å². The van der Waals surface area contributed by atoms with Gasteiger partial charge in [-0.05, 0) is 31.9 Å². The first-order valence-corrected chi connectivity index (χ1v) is 7.94. The molecule has 0 radical (unpaired) electrons. The molecule has 1 aliphatic heterocycles. The van der Waals surface area contributed by atoms with E-state index in [9.17, 15) is 8.42 Å². The van der Waals surface area contributed by atoms with Gasteiger partial charge in [-0.1, -0.05) is 5.21 Å². The lowest BCUT2D eigenvalue weighted by Gasteiger charge is -2.30. The molecule has 0 bridgehead atoms. The van der Waals surface area contributed by atoms with Crippen LogP contribution in [0.2, 0.25) is 0 Å². The fourth-order valence-electron chi connectivity index (χ4n) is 2.45. The van der Waals surface area contributed by atoms with Gasteiger partial charge < -0.3 is 4.42 Å². The number of rotatable bonds is 3. The van der Waals surface area contributed by atoms with Crippen LogP contribution < -0.4 is 0 Å². The van der Waals surface area contributed by atoms with Crippen LogP contribution in [-0.4, -0.2) is 40.8 Å². The van der Waals surface area contributed by atoms with Crippen LogP contribution in [-0.2, 0) is 10.0 Å². The normalized spacial score (nSPS) is 21.1. The Morgan fingerprint density at radius 2 is 2.25 bits per heavy atom. The summed E-state index contributed by atoms with van der Waals surface area (Å²) in [6, 6.07) is 3.19. The Bertz CT molecular complexity index is 677. The zero-order valence-electron chi connectivity index (χ0n) is 11.1. The second-order valence-corrected chi connectivity index (χ2v) is 6.78. The molecule has 1 fully saturated rings. The summed E-state index contributed by atoms with van der Waals surface area (Å²) in [6.07, 6.45) is 5.05. The van der Waals surface area contributed by atoms with Crippen molar-refractivity contribution in [3.63, 3.8) is 0 Å². The van der Waals surface area contributed by atoms with Gasteiger partial charge in [-0.3, -0.25) is 0 Å². The van der Waals surface area contributed by atoms with E-state index < -0.39 is 10.0 Å². The molecule has 1 atom stereocenters. The van der Waals surface area contributed by atoms with Crippen LogP contribution in [0.1, 0.15) is 24.6 Å². The van der Waals surface area contributed by atoms with Gasteiger partial charge in [-0.25, -0.2) is 13.1 Å². The van der Waals surface area contributed by atoms with E-state index in [2.05, 4.69) is 10.3 Å². The van der Waals surface area contributed by atoms with Crippen molar-refractivity contribution < 1.29 is 12.8 Å². The molecule has 8 heteroatoms. The molecule has 0 spiro atoms. The smallest absolute Gasteiger partial charge is 0.276 e. The third-order valence-corrected chi connectivity index (χ3v) is 5.22. The van der Waals surface area contributed by atoms with E-state index in [1.165, 1.54) is 10.4 Å². The van der Waals surface area contributed by atoms with Gasteiger partial charge in [0.15, 0.2) is 0 Å². The highest BCUT2D eigenvalue weighted by Crippen LogP contribution is 2.26. The molecule has 2 aromatic rings. The molecule has 0 saturated carbocycles. The predicted molar refractivity (Wildman–Crippen MR) is 70.5 cm³/mol. The first-order chi connectivity index (χ1) is 9.57. The summed E-state index contributed by atoms with van der Waals surface area (Å²) in [5, 5.41) is 7.74. The Morgan fingerprint density at radius 3 is 2.90 bits per heavy atom. The first kappa shape index (κ1) is 13.3. The number of aromatic nitrogens is 3. The van der Waals surface area contributed by atoms with E-state index in [-0.39, 0.29) is 11.1 Å². The lowest BCUT2D eigenvalue weighted by molar-refractivity contribution is 0.246. The second kappa shape index (κ2) is 5.02. The zero-order chi connectivity index (χ0) is 14.2. The van der Waals surface area contributed by atoms with Crippen LogP contribution >= 0.6 is 0 Å². The molecule has 0 amide bonds. The van der Waals surface area contributed by atoms with Crippen LogP contribution in [0, 0.1) is 6.92 Å². The molecular weight excluding hydrogens is 280 g/mol. The summed E-state index contributed by atoms with van der Waals surface area (Å²) in [6.45, 7) is 2.63. The van der Waals surface area contributed by atoms with Gasteiger partial charge in [0.1, 0.15) is 5.76 Å². The largest absolute Gasteiger partial charge is 0.449 e. The Morgan fingerprint density at radius 1 is 1.40 bits per heavy atom. The monoisotopic (exact) mass is 296 g/mol. The van der Waals surface area contributed by atoms with E-state index in [4.69, 9.17) is 4.42 Å². The van der Waals surface area contributed by atoms with E-state index in [1.54, 1.807) is 30.1 Å². The summed E-state index contributed by atoms with van der Waals surface area (Å²) in [4.78, 5) is 0. The van der Waals surface area contributed by atoms with Crippen molar-refractivity contribution in [3.8, 4) is 0 Å². The Balaban J connectivity index is 1.83. The molecule has 3 rings (SSSR count). The van der Waals surface area contributed by atoms with Gasteiger partial charge in [-0.15, -0.1) is 5.10 Å². The average Bonchev–Trinajstić information content (AvgIpc) is 3.10. The summed E-state index contributed by atoms with van der Waals surface area (Å²) in [5.74, 6) is 0.591. The van der Waals surface area contributed by atoms with Crippen molar-refractivity contribution in [1.29, 1.82) is 0 Å². The number of nitrogens with zero attached hydrogens (tertiary/aromatic N) is 4. The van der Waals surface area contributed by atoms with E-state index >= 15 is 0 Å². The van der Waals surface area contributed by atoms with E-state index in [0.717, 1.165) is 12.8 Å². The minimum Gasteiger partial charge on any atom is -0.449 e. The molecule has 2 aromatic heterocycles. The second-order valence-electron chi connectivity index (χ2n) is 4.91. The van der Waals surface area contributed by atoms with Crippen molar-refractivity contribution in [2.75, 3.05) is 13.1 Å². The summed E-state index contributed by atoms with van der Waals surface area (Å²) >= 11 is 0. The van der Waals surface area contributed by atoms with Crippen LogP contribution in [0.5, 0.6) is 0 Å². The molecule has 7 nitrogen and oxygen atoms in total. The minimum atomic E-state index is -3.56. The number of hydrogen-bond acceptors (Lipinski definition) is 5. The molecule has 108 valence electrons. The number of hydrogen-bond donors (Lipinski definition) is 0. The molecular formula is C12H16N4O3S. The maximum absolute atomic E-state index is 12.5. The van der Waals surface area contributed by atoms with Gasteiger partial charge in [0.25, 0.3) is 10.0 Å². The lowest BCUT2D eigenvalue weighted by atomic mass is 10.1. The molecule has 3 heterocycles. The highest BCUT2D eigenvalue weighted by atomic mass is 32.2. The van der Waals surface area contributed by atoms with Crippen molar-refractivity contribution in [2.24, 2.45) is 0 Å². The van der Waals surface area contributed by atoms with Gasteiger partial charge in [0.2, 0.25) is 5.09 Å². The number of aryl methyl sites for hydroxylation is 1. The molecule has 1 aliphatic rings. The predicted octanol–water partition coefficient (Wildman–Crippen LogP) is 1.21. The lowest BCUT2D eigenvalue weighted by Crippen LogP contribution is -2.40. The Hall–Kier alpha value is -1.67. The van der Waals surface area contributed by atoms with Gasteiger partial charge >= 0.3 is 0 Å². The average molecular weight is 296 g/mol. The Labute approximate surface area is 117 Å². The minimum absolute atomic E-state index is 0.00856. The van der Waals surface area contributed by atoms with Gasteiger partial charge in [0, 0.05) is 19.3 Å². The van der Waals surface area contributed by atoms with Crippen LogP contribution in [0.3, 0.4) is 0 Å². The van der Waals surface area contributed by atoms with Crippen molar-refractivity contribution in [1.82, 2.24) is 19.3 Å². The van der Waals surface area contributed by atoms with Crippen LogP contribution in [0.4, 0.5) is 0 Å². The SMILES string of the molecule is Cc1ccc(S(=O)(=O)N2CCC[C@H](n3ccnn3)C2)o1. The number of piperidine rings is 1. The van der Waals surface area contributed by atoms with Crippen LogP contribution in [0.25, 0.3) is 0 Å². The highest BCUT2D eigenvalue weighted by Gasteiger charge is 2.33. The maximum Gasteiger partial charge on any atom is 0.276 e. The molecule has 0 aromatic carbocycles. The first-order valence-electron chi connectivity index (χ1n) is 6.50. The van der Waals surface area contributed by atoms with E-state index in [0.29, 0.717) is 18.8 Å². The summed E-state index contributed by atoms with van der Waals surface area (Å²) in [7, 11) is -3.56. The zero-order valence-corrected chi connectivity index (χ0v) is 12.0. The van der Waals surface area contributed by atoms with Crippen molar-refractivity contribution in [3.05, 3.63) is 30.3 Å². The third kappa shape index (κ3) is 2.36. The third-order valence-electron chi connectivity index (χ3n) is 3.48. The fourth-order valence-corrected chi connectivity index (χ4v) is 3.91. The van der Waals surface area contributed by atoms with Crippen LogP contribution in [0.15, 0.2) is 34.0 Å². The summed E-state index contributed by atoms with van der Waals surface area (Å²) in [5.41, 5.74) is 0. The quantitative estimate of drug-likeness (QED) is 0.850. The van der Waals surface area contributed by atoms with Crippen molar-refractivity contribution in [2.45, 2.75) is 30.9 Å². The molecule has 0 N–H and O–H groups in total. The van der Waals surface area contributed by atoms with Gasteiger partial charge in [0.05, 0.1) is 12.2 Å². The van der Waals surface area contributed by atoms with Gasteiger partial charge in [-0.2, -0.15) is 4.31 Å². The molecule has 1 saturated heterocycles. The van der Waals surface area contributed by atoms with Crippen molar-refractivity contribution >= 4 is 10.0 Å². The summed E-state index contributed by atoms with van der Waals surface area (Å²) < 4.78 is 33.4. The Kier molecular flexibility index (Phi) is 3.35. The fraction of sp³-hybridized carbons (Fsp3) is 0.500. The highest BCUT2D eigenvalue weighted by molar-refractivity contribution is 7.89. The number of sulfonamides is 1.